The molecule has 3 atom stereocenters. The van der Waals surface area contributed by atoms with Crippen LogP contribution in [0.2, 0.25) is 0 Å². The molecular weight excluding hydrogens is 216 g/mol. The van der Waals surface area contributed by atoms with Gasteiger partial charge in [0.1, 0.15) is 11.7 Å². The molecule has 0 unspecified atom stereocenters. The number of hydrogen-bond donors (Lipinski definition) is 0. The SMILES string of the molecule is C[C@]12O[C@H]1C=C(C1CCCCC1)C(=O)[C@]21CO1. The number of Topliss-reactive ketones (excluding diaryl/α,β-unsaturated/α-hetero) is 1. The number of ketones is 1. The average molecular weight is 234 g/mol. The molecule has 0 radical (unpaired) electrons. The van der Waals surface area contributed by atoms with E-state index in [0.29, 0.717) is 12.5 Å². The van der Waals surface area contributed by atoms with Gasteiger partial charge in [-0.25, -0.2) is 0 Å². The number of ether oxygens (including phenoxy) is 2. The van der Waals surface area contributed by atoms with Gasteiger partial charge in [0.2, 0.25) is 0 Å². The molecular formula is C14H18O3. The molecule has 2 aliphatic heterocycles. The molecule has 3 nitrogen and oxygen atoms in total. The normalized spacial score (nSPS) is 48.9. The molecule has 2 aliphatic carbocycles. The molecule has 0 N–H and O–H groups in total. The molecule has 0 bridgehead atoms. The summed E-state index contributed by atoms with van der Waals surface area (Å²) in [6, 6.07) is 0. The van der Waals surface area contributed by atoms with E-state index in [1.165, 1.54) is 19.3 Å². The second-order valence-electron chi connectivity index (χ2n) is 6.05. The van der Waals surface area contributed by atoms with Crippen molar-refractivity contribution in [2.24, 2.45) is 5.92 Å². The molecule has 0 aromatic heterocycles. The van der Waals surface area contributed by atoms with Gasteiger partial charge in [0.05, 0.1) is 6.61 Å². The van der Waals surface area contributed by atoms with Gasteiger partial charge in [-0.15, -0.1) is 0 Å². The van der Waals surface area contributed by atoms with E-state index in [0.717, 1.165) is 18.4 Å². The van der Waals surface area contributed by atoms with Crippen molar-refractivity contribution in [1.82, 2.24) is 0 Å². The zero-order chi connectivity index (χ0) is 11.7. The molecule has 3 heteroatoms. The molecule has 2 heterocycles. The van der Waals surface area contributed by atoms with E-state index >= 15 is 0 Å². The van der Waals surface area contributed by atoms with Gasteiger partial charge in [0.15, 0.2) is 11.4 Å². The molecule has 1 spiro atoms. The van der Waals surface area contributed by atoms with Gasteiger partial charge in [0.25, 0.3) is 0 Å². The summed E-state index contributed by atoms with van der Waals surface area (Å²) < 4.78 is 11.2. The smallest absolute Gasteiger partial charge is 0.196 e. The van der Waals surface area contributed by atoms with Crippen LogP contribution in [-0.2, 0) is 14.3 Å². The highest BCUT2D eigenvalue weighted by molar-refractivity contribution is 6.07. The highest BCUT2D eigenvalue weighted by Crippen LogP contribution is 2.59. The summed E-state index contributed by atoms with van der Waals surface area (Å²) in [4.78, 5) is 12.6. The fourth-order valence-electron chi connectivity index (χ4n) is 3.67. The number of hydrogen-bond acceptors (Lipinski definition) is 3. The predicted molar refractivity (Wildman–Crippen MR) is 61.6 cm³/mol. The van der Waals surface area contributed by atoms with Gasteiger partial charge in [-0.1, -0.05) is 19.3 Å². The molecule has 4 aliphatic rings. The van der Waals surface area contributed by atoms with Crippen LogP contribution in [0.5, 0.6) is 0 Å². The molecule has 0 amide bonds. The lowest BCUT2D eigenvalue weighted by atomic mass is 9.72. The van der Waals surface area contributed by atoms with Gasteiger partial charge >= 0.3 is 0 Å². The van der Waals surface area contributed by atoms with E-state index in [1.54, 1.807) is 0 Å². The van der Waals surface area contributed by atoms with Crippen molar-refractivity contribution in [2.75, 3.05) is 6.61 Å². The van der Waals surface area contributed by atoms with Crippen molar-refractivity contribution in [1.29, 1.82) is 0 Å². The van der Waals surface area contributed by atoms with E-state index in [9.17, 15) is 4.79 Å². The third-order valence-electron chi connectivity index (χ3n) is 5.10. The third-order valence-corrected chi connectivity index (χ3v) is 5.10. The van der Waals surface area contributed by atoms with Crippen molar-refractivity contribution in [3.8, 4) is 0 Å². The summed E-state index contributed by atoms with van der Waals surface area (Å²) in [5.74, 6) is 0.687. The minimum absolute atomic E-state index is 0.125. The molecule has 0 aromatic rings. The van der Waals surface area contributed by atoms with Crippen LogP contribution in [0.4, 0.5) is 0 Å². The molecule has 3 fully saturated rings. The first-order valence-corrected chi connectivity index (χ1v) is 6.76. The van der Waals surface area contributed by atoms with E-state index in [-0.39, 0.29) is 17.5 Å². The minimum Gasteiger partial charge on any atom is -0.358 e. The van der Waals surface area contributed by atoms with Crippen LogP contribution in [0, 0.1) is 5.92 Å². The van der Waals surface area contributed by atoms with E-state index in [2.05, 4.69) is 6.08 Å². The zero-order valence-electron chi connectivity index (χ0n) is 10.2. The second kappa shape index (κ2) is 3.01. The van der Waals surface area contributed by atoms with Crippen molar-refractivity contribution >= 4 is 5.78 Å². The average Bonchev–Trinajstić information content (AvgIpc) is 3.22. The standard InChI is InChI=1S/C14H18O3/c1-13-11(17-13)7-10(9-5-3-2-4-6-9)12(15)14(13)8-16-14/h7,9,11H,2-6,8H2,1H3/t11-,13-,14+/m0/s1. The molecule has 2 saturated heterocycles. The van der Waals surface area contributed by atoms with Gasteiger partial charge < -0.3 is 9.47 Å². The number of carbonyl (C=O) groups excluding carboxylic acids is 1. The van der Waals surface area contributed by atoms with Crippen molar-refractivity contribution in [3.63, 3.8) is 0 Å². The number of rotatable bonds is 1. The lowest BCUT2D eigenvalue weighted by Crippen LogP contribution is -2.45. The van der Waals surface area contributed by atoms with E-state index < -0.39 is 5.60 Å². The topological polar surface area (TPSA) is 42.1 Å². The largest absolute Gasteiger partial charge is 0.358 e. The summed E-state index contributed by atoms with van der Waals surface area (Å²) in [5.41, 5.74) is 0.0729. The van der Waals surface area contributed by atoms with Crippen LogP contribution in [0.15, 0.2) is 11.6 Å². The van der Waals surface area contributed by atoms with Crippen molar-refractivity contribution < 1.29 is 14.3 Å². The number of epoxide rings is 2. The second-order valence-corrected chi connectivity index (χ2v) is 6.05. The first-order valence-electron chi connectivity index (χ1n) is 6.76. The Kier molecular flexibility index (Phi) is 1.82. The minimum atomic E-state index is -0.598. The maximum atomic E-state index is 12.6. The Hall–Kier alpha value is -0.670. The van der Waals surface area contributed by atoms with Gasteiger partial charge in [-0.3, -0.25) is 4.79 Å². The van der Waals surface area contributed by atoms with E-state index in [4.69, 9.17) is 9.47 Å². The fraction of sp³-hybridized carbons (Fsp3) is 0.786. The maximum absolute atomic E-state index is 12.6. The van der Waals surface area contributed by atoms with Crippen molar-refractivity contribution in [2.45, 2.75) is 56.3 Å². The number of fused-ring (bicyclic) bond motifs is 2. The monoisotopic (exact) mass is 234 g/mol. The quantitative estimate of drug-likeness (QED) is 0.652. The lowest BCUT2D eigenvalue weighted by Gasteiger charge is -2.28. The fourth-order valence-corrected chi connectivity index (χ4v) is 3.67. The molecule has 17 heavy (non-hydrogen) atoms. The Bertz CT molecular complexity index is 415. The molecule has 0 aromatic carbocycles. The van der Waals surface area contributed by atoms with Crippen molar-refractivity contribution in [3.05, 3.63) is 11.6 Å². The molecule has 1 saturated carbocycles. The van der Waals surface area contributed by atoms with Crippen LogP contribution in [0.3, 0.4) is 0 Å². The first-order chi connectivity index (χ1) is 8.17. The predicted octanol–water partition coefficient (Wildman–Crippen LogP) is 2.00. The summed E-state index contributed by atoms with van der Waals surface area (Å²) in [7, 11) is 0. The Labute approximate surface area is 101 Å². The Morgan fingerprint density at radius 3 is 2.65 bits per heavy atom. The van der Waals surface area contributed by atoms with Gasteiger partial charge in [0, 0.05) is 5.57 Å². The molecule has 92 valence electrons. The van der Waals surface area contributed by atoms with Gasteiger partial charge in [-0.05, 0) is 31.8 Å². The van der Waals surface area contributed by atoms with Crippen LogP contribution >= 0.6 is 0 Å². The van der Waals surface area contributed by atoms with Crippen LogP contribution < -0.4 is 0 Å². The van der Waals surface area contributed by atoms with Crippen LogP contribution in [0.25, 0.3) is 0 Å². The Morgan fingerprint density at radius 2 is 2.00 bits per heavy atom. The van der Waals surface area contributed by atoms with Crippen LogP contribution in [0.1, 0.15) is 39.0 Å². The van der Waals surface area contributed by atoms with Gasteiger partial charge in [-0.2, -0.15) is 0 Å². The third kappa shape index (κ3) is 1.17. The highest BCUT2D eigenvalue weighted by Gasteiger charge is 2.78. The zero-order valence-corrected chi connectivity index (χ0v) is 10.2. The molecule has 4 rings (SSSR count). The van der Waals surface area contributed by atoms with E-state index in [1.807, 2.05) is 6.92 Å². The Balaban J connectivity index is 1.68. The maximum Gasteiger partial charge on any atom is 0.196 e. The summed E-state index contributed by atoms with van der Waals surface area (Å²) in [6.07, 6.45) is 8.37. The summed E-state index contributed by atoms with van der Waals surface area (Å²) in [6.45, 7) is 2.57. The van der Waals surface area contributed by atoms with Crippen LogP contribution in [-0.4, -0.2) is 29.7 Å². The first kappa shape index (κ1) is 10.3. The summed E-state index contributed by atoms with van der Waals surface area (Å²) >= 11 is 0. The highest BCUT2D eigenvalue weighted by atomic mass is 16.7. The lowest BCUT2D eigenvalue weighted by molar-refractivity contribution is -0.123. The summed E-state index contributed by atoms with van der Waals surface area (Å²) in [5, 5.41) is 0. The number of carbonyl (C=O) groups is 1. The Morgan fingerprint density at radius 1 is 1.29 bits per heavy atom.